The molecule has 1 aromatic rings. The van der Waals surface area contributed by atoms with E-state index in [0.717, 1.165) is 36.2 Å². The van der Waals surface area contributed by atoms with E-state index in [0.29, 0.717) is 0 Å². The molecule has 0 saturated carbocycles. The summed E-state index contributed by atoms with van der Waals surface area (Å²) in [5.41, 5.74) is 4.38. The molecule has 1 N–H and O–H groups in total. The zero-order valence-corrected chi connectivity index (χ0v) is 9.84. The molecule has 16 heavy (non-hydrogen) atoms. The molecule has 0 saturated heterocycles. The average Bonchev–Trinajstić information content (AvgIpc) is 2.29. The third kappa shape index (κ3) is 1.87. The third-order valence-electron chi connectivity index (χ3n) is 2.92. The molecule has 0 spiro atoms. The van der Waals surface area contributed by atoms with Crippen LogP contribution in [0.3, 0.4) is 0 Å². The van der Waals surface area contributed by atoms with E-state index in [1.807, 2.05) is 18.2 Å². The lowest BCUT2D eigenvalue weighted by atomic mass is 9.93. The summed E-state index contributed by atoms with van der Waals surface area (Å²) < 4.78 is 0. The number of anilines is 1. The van der Waals surface area contributed by atoms with Crippen molar-refractivity contribution in [3.05, 3.63) is 35.4 Å². The highest BCUT2D eigenvalue weighted by molar-refractivity contribution is 6.21. The van der Waals surface area contributed by atoms with Crippen molar-refractivity contribution in [3.8, 4) is 0 Å². The molecule has 0 unspecified atom stereocenters. The minimum Gasteiger partial charge on any atom is -0.381 e. The zero-order valence-electron chi connectivity index (χ0n) is 9.84. The highest BCUT2D eigenvalue weighted by Crippen LogP contribution is 2.31. The summed E-state index contributed by atoms with van der Waals surface area (Å²) in [7, 11) is 0. The lowest BCUT2D eigenvalue weighted by Gasteiger charge is -2.21. The van der Waals surface area contributed by atoms with Crippen LogP contribution in [0.15, 0.2) is 24.3 Å². The van der Waals surface area contributed by atoms with Crippen LogP contribution in [0.4, 0.5) is 5.69 Å². The maximum atomic E-state index is 11.5. The van der Waals surface area contributed by atoms with Gasteiger partial charge in [0.1, 0.15) is 0 Å². The summed E-state index contributed by atoms with van der Waals surface area (Å²) in [4.78, 5) is 11.5. The van der Waals surface area contributed by atoms with Gasteiger partial charge in [-0.1, -0.05) is 37.6 Å². The van der Waals surface area contributed by atoms with Gasteiger partial charge in [-0.15, -0.1) is 0 Å². The molecule has 1 aliphatic rings. The van der Waals surface area contributed by atoms with Crippen molar-refractivity contribution in [2.24, 2.45) is 0 Å². The molecular weight excluding hydrogens is 198 g/mol. The van der Waals surface area contributed by atoms with E-state index in [4.69, 9.17) is 0 Å². The fraction of sp³-hybridized carbons (Fsp3) is 0.357. The largest absolute Gasteiger partial charge is 0.381 e. The lowest BCUT2D eigenvalue weighted by Crippen LogP contribution is -2.13. The number of fused-ring (bicyclic) bond motifs is 1. The summed E-state index contributed by atoms with van der Waals surface area (Å²) in [5.74, 6) is 0.149. The van der Waals surface area contributed by atoms with E-state index in [1.54, 1.807) is 6.92 Å². The van der Waals surface area contributed by atoms with Crippen molar-refractivity contribution in [2.75, 3.05) is 11.9 Å². The summed E-state index contributed by atoms with van der Waals surface area (Å²) in [6, 6.07) is 6.19. The molecule has 0 atom stereocenters. The Hall–Kier alpha value is -1.57. The van der Waals surface area contributed by atoms with Gasteiger partial charge in [-0.3, -0.25) is 4.79 Å². The summed E-state index contributed by atoms with van der Waals surface area (Å²) in [6.07, 6.45) is 4.15. The van der Waals surface area contributed by atoms with Crippen molar-refractivity contribution in [2.45, 2.75) is 26.7 Å². The number of Topliss-reactive ketones (excluding diaryl/α,β-unsaturated/α-hetero) is 1. The number of rotatable bonds is 3. The first-order valence-corrected chi connectivity index (χ1v) is 5.81. The Balaban J connectivity index is 2.49. The number of carbonyl (C=O) groups excluding carboxylic acids is 1. The van der Waals surface area contributed by atoms with E-state index in [1.165, 1.54) is 5.56 Å². The number of allylic oxidation sites excluding steroid dienone is 1. The Kier molecular flexibility index (Phi) is 3.09. The van der Waals surface area contributed by atoms with Crippen LogP contribution in [0.1, 0.15) is 31.4 Å². The SMILES string of the molecule is CCCc1cccc2c1NCC=C2C(C)=O. The fourth-order valence-electron chi connectivity index (χ4n) is 2.21. The minimum atomic E-state index is 0.149. The second-order valence-electron chi connectivity index (χ2n) is 4.14. The lowest BCUT2D eigenvalue weighted by molar-refractivity contribution is -0.111. The molecule has 2 rings (SSSR count). The number of carbonyl (C=O) groups is 1. The summed E-state index contributed by atoms with van der Waals surface area (Å²) >= 11 is 0. The number of hydrogen-bond donors (Lipinski definition) is 1. The van der Waals surface area contributed by atoms with E-state index >= 15 is 0 Å². The Morgan fingerprint density at radius 2 is 2.25 bits per heavy atom. The maximum absolute atomic E-state index is 11.5. The Morgan fingerprint density at radius 3 is 2.94 bits per heavy atom. The topological polar surface area (TPSA) is 29.1 Å². The fourth-order valence-corrected chi connectivity index (χ4v) is 2.21. The predicted octanol–water partition coefficient (Wildman–Crippen LogP) is 3.04. The van der Waals surface area contributed by atoms with Crippen LogP contribution in [0.25, 0.3) is 5.57 Å². The van der Waals surface area contributed by atoms with Gasteiger partial charge in [0.2, 0.25) is 0 Å². The van der Waals surface area contributed by atoms with Gasteiger partial charge in [0, 0.05) is 23.4 Å². The van der Waals surface area contributed by atoms with Crippen molar-refractivity contribution in [1.82, 2.24) is 0 Å². The third-order valence-corrected chi connectivity index (χ3v) is 2.92. The zero-order chi connectivity index (χ0) is 11.5. The van der Waals surface area contributed by atoms with Crippen LogP contribution >= 0.6 is 0 Å². The number of nitrogens with one attached hydrogen (secondary N) is 1. The first-order chi connectivity index (χ1) is 7.74. The molecule has 0 amide bonds. The van der Waals surface area contributed by atoms with Crippen molar-refractivity contribution in [3.63, 3.8) is 0 Å². The molecule has 1 aromatic carbocycles. The van der Waals surface area contributed by atoms with Crippen LogP contribution in [-0.2, 0) is 11.2 Å². The van der Waals surface area contributed by atoms with Gasteiger partial charge >= 0.3 is 0 Å². The molecule has 0 aromatic heterocycles. The van der Waals surface area contributed by atoms with Crippen LogP contribution in [0.2, 0.25) is 0 Å². The highest BCUT2D eigenvalue weighted by atomic mass is 16.1. The number of benzene rings is 1. The van der Waals surface area contributed by atoms with Gasteiger partial charge in [0.25, 0.3) is 0 Å². The molecular formula is C14H17NO. The predicted molar refractivity (Wildman–Crippen MR) is 67.6 cm³/mol. The maximum Gasteiger partial charge on any atom is 0.160 e. The van der Waals surface area contributed by atoms with Crippen LogP contribution in [-0.4, -0.2) is 12.3 Å². The Bertz CT molecular complexity index is 446. The minimum absolute atomic E-state index is 0.149. The quantitative estimate of drug-likeness (QED) is 0.839. The van der Waals surface area contributed by atoms with Gasteiger partial charge in [0.05, 0.1) is 0 Å². The molecule has 0 bridgehead atoms. The Labute approximate surface area is 96.4 Å². The van der Waals surface area contributed by atoms with Gasteiger partial charge in [-0.25, -0.2) is 0 Å². The van der Waals surface area contributed by atoms with Gasteiger partial charge in [-0.05, 0) is 18.9 Å². The molecule has 1 aliphatic heterocycles. The summed E-state index contributed by atoms with van der Waals surface area (Å²) in [5, 5.41) is 3.37. The van der Waals surface area contributed by atoms with Gasteiger partial charge in [0.15, 0.2) is 5.78 Å². The number of para-hydroxylation sites is 1. The van der Waals surface area contributed by atoms with Crippen LogP contribution < -0.4 is 5.32 Å². The van der Waals surface area contributed by atoms with Crippen molar-refractivity contribution < 1.29 is 4.79 Å². The molecule has 1 heterocycles. The van der Waals surface area contributed by atoms with Gasteiger partial charge in [-0.2, -0.15) is 0 Å². The molecule has 0 radical (unpaired) electrons. The first kappa shape index (κ1) is 10.9. The number of ketones is 1. The smallest absolute Gasteiger partial charge is 0.160 e. The van der Waals surface area contributed by atoms with Gasteiger partial charge < -0.3 is 5.32 Å². The monoisotopic (exact) mass is 215 g/mol. The second-order valence-corrected chi connectivity index (χ2v) is 4.14. The molecule has 84 valence electrons. The van der Waals surface area contributed by atoms with E-state index in [2.05, 4.69) is 18.3 Å². The van der Waals surface area contributed by atoms with E-state index in [9.17, 15) is 4.79 Å². The van der Waals surface area contributed by atoms with Crippen molar-refractivity contribution in [1.29, 1.82) is 0 Å². The molecule has 2 nitrogen and oxygen atoms in total. The highest BCUT2D eigenvalue weighted by Gasteiger charge is 2.17. The first-order valence-electron chi connectivity index (χ1n) is 5.81. The normalized spacial score (nSPS) is 13.8. The molecule has 2 heteroatoms. The Morgan fingerprint density at radius 1 is 1.44 bits per heavy atom. The van der Waals surface area contributed by atoms with E-state index in [-0.39, 0.29) is 5.78 Å². The second kappa shape index (κ2) is 4.52. The molecule has 0 fully saturated rings. The van der Waals surface area contributed by atoms with Crippen molar-refractivity contribution >= 4 is 17.0 Å². The summed E-state index contributed by atoms with van der Waals surface area (Å²) in [6.45, 7) is 4.56. The molecule has 0 aliphatic carbocycles. The number of hydrogen-bond acceptors (Lipinski definition) is 2. The standard InChI is InChI=1S/C14H17NO/c1-3-5-11-6-4-7-13-12(10(2)16)8-9-15-14(11)13/h4,6-8,15H,3,5,9H2,1-2H3. The van der Waals surface area contributed by atoms with Crippen LogP contribution in [0, 0.1) is 0 Å². The van der Waals surface area contributed by atoms with E-state index < -0.39 is 0 Å². The van der Waals surface area contributed by atoms with Crippen LogP contribution in [0.5, 0.6) is 0 Å². The average molecular weight is 215 g/mol. The number of aryl methyl sites for hydroxylation is 1.